The van der Waals surface area contributed by atoms with Crippen molar-refractivity contribution >= 4 is 11.7 Å². The average molecular weight is 408 g/mol. The molecule has 0 N–H and O–H groups in total. The summed E-state index contributed by atoms with van der Waals surface area (Å²) in [5.41, 5.74) is 1.56. The van der Waals surface area contributed by atoms with Crippen molar-refractivity contribution in [3.8, 4) is 11.4 Å². The maximum absolute atomic E-state index is 14.0. The van der Waals surface area contributed by atoms with E-state index in [-0.39, 0.29) is 11.5 Å². The van der Waals surface area contributed by atoms with Gasteiger partial charge < -0.3 is 4.90 Å². The van der Waals surface area contributed by atoms with Crippen molar-refractivity contribution in [2.24, 2.45) is 0 Å². The molecule has 1 amide bonds. The Morgan fingerprint density at radius 3 is 2.63 bits per heavy atom. The highest BCUT2D eigenvalue weighted by Gasteiger charge is 2.25. The monoisotopic (exact) mass is 408 g/mol. The molecule has 8 nitrogen and oxygen atoms in total. The number of carbonyl (C=O) groups excluding carboxylic acids is 1. The van der Waals surface area contributed by atoms with Crippen molar-refractivity contribution in [2.45, 2.75) is 13.8 Å². The largest absolute Gasteiger partial charge is 0.334 e. The summed E-state index contributed by atoms with van der Waals surface area (Å²) in [6, 6.07) is 7.59. The molecule has 30 heavy (non-hydrogen) atoms. The quantitative estimate of drug-likeness (QED) is 0.659. The van der Waals surface area contributed by atoms with Crippen LogP contribution >= 0.6 is 0 Å². The van der Waals surface area contributed by atoms with Gasteiger partial charge in [-0.3, -0.25) is 9.63 Å². The highest BCUT2D eigenvalue weighted by Crippen LogP contribution is 2.23. The Kier molecular flexibility index (Phi) is 5.62. The summed E-state index contributed by atoms with van der Waals surface area (Å²) < 4.78 is 14.0. The van der Waals surface area contributed by atoms with Gasteiger partial charge in [0.15, 0.2) is 11.6 Å². The summed E-state index contributed by atoms with van der Waals surface area (Å²) in [6.07, 6.45) is 3.17. The standard InChI is InChI=1S/C21H21FN6O2/c1-14-12-19(26-15(2)25-14)28-9-8-27(10-11-30-28)21(29)18-13-16(22)4-5-17(18)20-23-6-3-7-24-20/h3-7,12-13H,8-11H2,1-2H3. The second-order valence-corrected chi connectivity index (χ2v) is 6.90. The van der Waals surface area contributed by atoms with E-state index < -0.39 is 5.82 Å². The number of aryl methyl sites for hydroxylation is 2. The van der Waals surface area contributed by atoms with Crippen LogP contribution in [0, 0.1) is 19.7 Å². The molecule has 9 heteroatoms. The smallest absolute Gasteiger partial charge is 0.254 e. The van der Waals surface area contributed by atoms with Crippen LogP contribution in [-0.4, -0.2) is 57.0 Å². The van der Waals surface area contributed by atoms with E-state index in [0.29, 0.717) is 49.3 Å². The van der Waals surface area contributed by atoms with Crippen molar-refractivity contribution in [1.29, 1.82) is 0 Å². The topological polar surface area (TPSA) is 84.3 Å². The summed E-state index contributed by atoms with van der Waals surface area (Å²) in [7, 11) is 0. The van der Waals surface area contributed by atoms with E-state index in [4.69, 9.17) is 4.84 Å². The minimum absolute atomic E-state index is 0.225. The van der Waals surface area contributed by atoms with Crippen LogP contribution in [0.1, 0.15) is 21.9 Å². The molecule has 0 unspecified atom stereocenters. The van der Waals surface area contributed by atoms with E-state index in [1.807, 2.05) is 19.9 Å². The summed E-state index contributed by atoms with van der Waals surface area (Å²) in [5, 5.41) is 1.67. The van der Waals surface area contributed by atoms with Gasteiger partial charge in [-0.25, -0.2) is 29.4 Å². The highest BCUT2D eigenvalue weighted by atomic mass is 19.1. The van der Waals surface area contributed by atoms with Crippen molar-refractivity contribution in [3.05, 3.63) is 65.6 Å². The molecule has 3 heterocycles. The molecule has 1 aromatic carbocycles. The first-order chi connectivity index (χ1) is 14.5. The first-order valence-corrected chi connectivity index (χ1v) is 9.60. The molecule has 1 fully saturated rings. The first-order valence-electron chi connectivity index (χ1n) is 9.60. The van der Waals surface area contributed by atoms with Crippen molar-refractivity contribution < 1.29 is 14.0 Å². The molecular formula is C21H21FN6O2. The fraction of sp³-hybridized carbons (Fsp3) is 0.286. The van der Waals surface area contributed by atoms with Gasteiger partial charge in [0.2, 0.25) is 0 Å². The van der Waals surface area contributed by atoms with Crippen molar-refractivity contribution in [2.75, 3.05) is 31.3 Å². The molecule has 0 atom stereocenters. The van der Waals surface area contributed by atoms with Crippen LogP contribution in [0.5, 0.6) is 0 Å². The van der Waals surface area contributed by atoms with Gasteiger partial charge in [-0.15, -0.1) is 0 Å². The van der Waals surface area contributed by atoms with Crippen LogP contribution < -0.4 is 5.06 Å². The number of anilines is 1. The number of hydrogen-bond donors (Lipinski definition) is 0. The Morgan fingerprint density at radius 2 is 1.87 bits per heavy atom. The van der Waals surface area contributed by atoms with E-state index in [2.05, 4.69) is 19.9 Å². The third kappa shape index (κ3) is 4.25. The molecule has 0 spiro atoms. The fourth-order valence-electron chi connectivity index (χ4n) is 3.35. The molecule has 0 aliphatic carbocycles. The normalized spacial score (nSPS) is 14.5. The van der Waals surface area contributed by atoms with Crippen molar-refractivity contribution in [1.82, 2.24) is 24.8 Å². The number of amides is 1. The van der Waals surface area contributed by atoms with Gasteiger partial charge in [0, 0.05) is 42.8 Å². The van der Waals surface area contributed by atoms with Gasteiger partial charge >= 0.3 is 0 Å². The summed E-state index contributed by atoms with van der Waals surface area (Å²) in [4.78, 5) is 37.8. The molecule has 154 valence electrons. The number of aromatic nitrogens is 4. The number of halogens is 1. The Labute approximate surface area is 173 Å². The predicted octanol–water partition coefficient (Wildman–Crippen LogP) is 2.58. The summed E-state index contributed by atoms with van der Waals surface area (Å²) in [5.74, 6) is 0.895. The zero-order valence-corrected chi connectivity index (χ0v) is 16.7. The number of carbonyl (C=O) groups is 1. The Balaban J connectivity index is 1.57. The number of rotatable bonds is 3. The minimum atomic E-state index is -0.488. The zero-order valence-electron chi connectivity index (χ0n) is 16.7. The Morgan fingerprint density at radius 1 is 1.07 bits per heavy atom. The van der Waals surface area contributed by atoms with E-state index >= 15 is 0 Å². The molecule has 2 aromatic heterocycles. The lowest BCUT2D eigenvalue weighted by Gasteiger charge is -2.22. The predicted molar refractivity (Wildman–Crippen MR) is 108 cm³/mol. The maximum atomic E-state index is 14.0. The second-order valence-electron chi connectivity index (χ2n) is 6.90. The number of hydrogen-bond acceptors (Lipinski definition) is 7. The maximum Gasteiger partial charge on any atom is 0.254 e. The number of benzene rings is 1. The molecular weight excluding hydrogens is 387 g/mol. The fourth-order valence-corrected chi connectivity index (χ4v) is 3.35. The van der Waals surface area contributed by atoms with E-state index in [1.165, 1.54) is 18.2 Å². The van der Waals surface area contributed by atoms with Crippen LogP contribution in [0.25, 0.3) is 11.4 Å². The van der Waals surface area contributed by atoms with E-state index in [0.717, 1.165) is 5.69 Å². The van der Waals surface area contributed by atoms with Gasteiger partial charge in [0.05, 0.1) is 18.7 Å². The van der Waals surface area contributed by atoms with Gasteiger partial charge in [-0.05, 0) is 38.1 Å². The summed E-state index contributed by atoms with van der Waals surface area (Å²) >= 11 is 0. The Bertz CT molecular complexity index is 1040. The minimum Gasteiger partial charge on any atom is -0.334 e. The van der Waals surface area contributed by atoms with Crippen LogP contribution in [0.15, 0.2) is 42.7 Å². The first kappa shape index (κ1) is 19.8. The number of hydroxylamine groups is 1. The third-order valence-electron chi connectivity index (χ3n) is 4.70. The highest BCUT2D eigenvalue weighted by molar-refractivity contribution is 6.00. The van der Waals surface area contributed by atoms with E-state index in [9.17, 15) is 9.18 Å². The van der Waals surface area contributed by atoms with Gasteiger partial charge in [-0.2, -0.15) is 0 Å². The third-order valence-corrected chi connectivity index (χ3v) is 4.70. The van der Waals surface area contributed by atoms with Gasteiger partial charge in [-0.1, -0.05) is 0 Å². The lowest BCUT2D eigenvalue weighted by Crippen LogP contribution is -2.36. The van der Waals surface area contributed by atoms with Crippen molar-refractivity contribution in [3.63, 3.8) is 0 Å². The van der Waals surface area contributed by atoms with Crippen LogP contribution in [-0.2, 0) is 4.84 Å². The van der Waals surface area contributed by atoms with E-state index in [1.54, 1.807) is 28.4 Å². The molecule has 4 rings (SSSR count). The SMILES string of the molecule is Cc1cc(N2CCN(C(=O)c3cc(F)ccc3-c3ncccn3)CCO2)nc(C)n1. The molecule has 1 saturated heterocycles. The van der Waals surface area contributed by atoms with Gasteiger partial charge in [0.1, 0.15) is 11.6 Å². The molecule has 3 aromatic rings. The van der Waals surface area contributed by atoms with Gasteiger partial charge in [0.25, 0.3) is 5.91 Å². The van der Waals surface area contributed by atoms with Crippen LogP contribution in [0.3, 0.4) is 0 Å². The Hall–Kier alpha value is -3.46. The molecule has 1 aliphatic heterocycles. The molecule has 0 bridgehead atoms. The van der Waals surface area contributed by atoms with Crippen LogP contribution in [0.2, 0.25) is 0 Å². The zero-order chi connectivity index (χ0) is 21.1. The molecule has 1 aliphatic rings. The lowest BCUT2D eigenvalue weighted by molar-refractivity contribution is 0.0730. The second kappa shape index (κ2) is 8.50. The molecule has 0 saturated carbocycles. The number of nitrogens with zero attached hydrogens (tertiary/aromatic N) is 6. The molecule has 0 radical (unpaired) electrons. The average Bonchev–Trinajstić information content (AvgIpc) is 2.99. The summed E-state index contributed by atoms with van der Waals surface area (Å²) in [6.45, 7) is 5.19. The van der Waals surface area contributed by atoms with Crippen LogP contribution in [0.4, 0.5) is 10.2 Å². The lowest BCUT2D eigenvalue weighted by atomic mass is 10.0.